The van der Waals surface area contributed by atoms with Crippen LogP contribution in [-0.4, -0.2) is 19.3 Å². The lowest BCUT2D eigenvalue weighted by Crippen LogP contribution is -2.13. The number of imidazole rings is 1. The lowest BCUT2D eigenvalue weighted by Gasteiger charge is -2.08. The molecule has 0 aliphatic heterocycles. The zero-order valence-electron chi connectivity index (χ0n) is 15.2. The minimum atomic E-state index is 0.802. The smallest absolute Gasteiger partial charge is 0.106 e. The number of fused-ring (bicyclic) bond motifs is 1. The van der Waals surface area contributed by atoms with Gasteiger partial charge >= 0.3 is 0 Å². The molecule has 5 heteroatoms. The average molecular weight is 345 g/mol. The summed E-state index contributed by atoms with van der Waals surface area (Å²) in [6.07, 6.45) is 3.80. The first-order valence-corrected chi connectivity index (χ1v) is 8.87. The summed E-state index contributed by atoms with van der Waals surface area (Å²) in [5.41, 5.74) is 6.04. The van der Waals surface area contributed by atoms with Crippen molar-refractivity contribution < 1.29 is 0 Å². The van der Waals surface area contributed by atoms with E-state index in [1.807, 2.05) is 30.1 Å². The van der Waals surface area contributed by atoms with Crippen molar-refractivity contribution in [3.8, 4) is 0 Å². The first-order valence-electron chi connectivity index (χ1n) is 8.87. The van der Waals surface area contributed by atoms with Gasteiger partial charge in [-0.3, -0.25) is 4.68 Å². The van der Waals surface area contributed by atoms with Crippen LogP contribution in [0.25, 0.3) is 11.0 Å². The molecule has 5 nitrogen and oxygen atoms in total. The zero-order chi connectivity index (χ0) is 17.9. The highest BCUT2D eigenvalue weighted by molar-refractivity contribution is 5.76. The standard InChI is InChI=1S/C21H23N5/c1-16-24-20-12-18(7-8-21(20)25(16)2)14-22-13-17-5-3-6-19(11-17)15-26-10-4-9-23-26/h3-12,22H,13-15H2,1-2H3. The fourth-order valence-electron chi connectivity index (χ4n) is 3.25. The molecule has 132 valence electrons. The number of nitrogens with zero attached hydrogens (tertiary/aromatic N) is 4. The number of aryl methyl sites for hydroxylation is 2. The minimum Gasteiger partial charge on any atom is -0.331 e. The van der Waals surface area contributed by atoms with Crippen LogP contribution < -0.4 is 5.32 Å². The van der Waals surface area contributed by atoms with E-state index in [0.29, 0.717) is 0 Å². The summed E-state index contributed by atoms with van der Waals surface area (Å²) in [7, 11) is 2.05. The van der Waals surface area contributed by atoms with Gasteiger partial charge < -0.3 is 9.88 Å². The summed E-state index contributed by atoms with van der Waals surface area (Å²) in [4.78, 5) is 4.61. The summed E-state index contributed by atoms with van der Waals surface area (Å²) in [6, 6.07) is 17.1. The molecule has 0 atom stereocenters. The van der Waals surface area contributed by atoms with E-state index in [1.165, 1.54) is 22.2 Å². The molecular weight excluding hydrogens is 322 g/mol. The highest BCUT2D eigenvalue weighted by atomic mass is 15.3. The number of nitrogens with one attached hydrogen (secondary N) is 1. The molecule has 0 fully saturated rings. The van der Waals surface area contributed by atoms with Crippen LogP contribution in [0.15, 0.2) is 60.9 Å². The van der Waals surface area contributed by atoms with E-state index in [2.05, 4.69) is 69.5 Å². The second-order valence-corrected chi connectivity index (χ2v) is 6.67. The summed E-state index contributed by atoms with van der Waals surface area (Å²) in [5, 5.41) is 7.80. The van der Waals surface area contributed by atoms with Crippen molar-refractivity contribution >= 4 is 11.0 Å². The van der Waals surface area contributed by atoms with Crippen molar-refractivity contribution in [1.82, 2.24) is 24.6 Å². The SMILES string of the molecule is Cc1nc2cc(CNCc3cccc(Cn4cccn4)c3)ccc2n1C. The van der Waals surface area contributed by atoms with E-state index in [1.54, 1.807) is 0 Å². The molecule has 2 aromatic carbocycles. The Balaban J connectivity index is 1.38. The molecule has 0 unspecified atom stereocenters. The van der Waals surface area contributed by atoms with Crippen molar-refractivity contribution in [1.29, 1.82) is 0 Å². The van der Waals surface area contributed by atoms with E-state index < -0.39 is 0 Å². The molecule has 2 heterocycles. The van der Waals surface area contributed by atoms with Crippen LogP contribution in [0, 0.1) is 6.92 Å². The number of aromatic nitrogens is 4. The molecular formula is C21H23N5. The van der Waals surface area contributed by atoms with E-state index in [-0.39, 0.29) is 0 Å². The van der Waals surface area contributed by atoms with Gasteiger partial charge in [0.25, 0.3) is 0 Å². The predicted molar refractivity (Wildman–Crippen MR) is 104 cm³/mol. The molecule has 0 amide bonds. The van der Waals surface area contributed by atoms with Gasteiger partial charge in [0.2, 0.25) is 0 Å². The van der Waals surface area contributed by atoms with Crippen LogP contribution in [0.1, 0.15) is 22.5 Å². The molecule has 1 N–H and O–H groups in total. The maximum absolute atomic E-state index is 4.61. The molecule has 0 saturated carbocycles. The van der Waals surface area contributed by atoms with Crippen LogP contribution in [-0.2, 0) is 26.7 Å². The van der Waals surface area contributed by atoms with E-state index in [9.17, 15) is 0 Å². The van der Waals surface area contributed by atoms with Crippen LogP contribution in [0.2, 0.25) is 0 Å². The van der Waals surface area contributed by atoms with Gasteiger partial charge in [-0.2, -0.15) is 5.10 Å². The summed E-state index contributed by atoms with van der Waals surface area (Å²) >= 11 is 0. The monoisotopic (exact) mass is 345 g/mol. The largest absolute Gasteiger partial charge is 0.331 e. The summed E-state index contributed by atoms with van der Waals surface area (Å²) < 4.78 is 4.06. The van der Waals surface area contributed by atoms with Crippen molar-refractivity contribution in [2.75, 3.05) is 0 Å². The molecule has 4 aromatic rings. The predicted octanol–water partition coefficient (Wildman–Crippen LogP) is 3.42. The maximum atomic E-state index is 4.61. The third-order valence-corrected chi connectivity index (χ3v) is 4.72. The number of benzene rings is 2. The normalized spacial score (nSPS) is 11.3. The van der Waals surface area contributed by atoms with Crippen LogP contribution in [0.3, 0.4) is 0 Å². The number of rotatable bonds is 6. The van der Waals surface area contributed by atoms with Crippen LogP contribution >= 0.6 is 0 Å². The van der Waals surface area contributed by atoms with Gasteiger partial charge in [0, 0.05) is 32.5 Å². The topological polar surface area (TPSA) is 47.7 Å². The minimum absolute atomic E-state index is 0.802. The van der Waals surface area contributed by atoms with E-state index in [0.717, 1.165) is 31.0 Å². The third kappa shape index (κ3) is 3.53. The van der Waals surface area contributed by atoms with Gasteiger partial charge in [-0.25, -0.2) is 4.98 Å². The van der Waals surface area contributed by atoms with Gasteiger partial charge in [0.15, 0.2) is 0 Å². The van der Waals surface area contributed by atoms with Crippen molar-refractivity contribution in [3.63, 3.8) is 0 Å². The summed E-state index contributed by atoms with van der Waals surface area (Å²) in [6.45, 7) is 4.51. The second-order valence-electron chi connectivity index (χ2n) is 6.67. The number of hydrogen-bond donors (Lipinski definition) is 1. The lowest BCUT2D eigenvalue weighted by molar-refractivity contribution is 0.677. The van der Waals surface area contributed by atoms with Crippen molar-refractivity contribution in [2.45, 2.75) is 26.6 Å². The molecule has 0 aliphatic carbocycles. The molecule has 0 aliphatic rings. The Bertz CT molecular complexity index is 1010. The lowest BCUT2D eigenvalue weighted by atomic mass is 10.1. The van der Waals surface area contributed by atoms with E-state index >= 15 is 0 Å². The molecule has 4 rings (SSSR count). The molecule has 0 radical (unpaired) electrons. The molecule has 0 spiro atoms. The Morgan fingerprint density at radius 1 is 0.962 bits per heavy atom. The average Bonchev–Trinajstić information content (AvgIpc) is 3.24. The Morgan fingerprint density at radius 3 is 2.58 bits per heavy atom. The highest BCUT2D eigenvalue weighted by Gasteiger charge is 2.05. The van der Waals surface area contributed by atoms with Crippen LogP contribution in [0.4, 0.5) is 0 Å². The Morgan fingerprint density at radius 2 is 1.77 bits per heavy atom. The van der Waals surface area contributed by atoms with Crippen LogP contribution in [0.5, 0.6) is 0 Å². The fourth-order valence-corrected chi connectivity index (χ4v) is 3.25. The van der Waals surface area contributed by atoms with Crippen molar-refractivity contribution in [2.24, 2.45) is 7.05 Å². The molecule has 2 aromatic heterocycles. The summed E-state index contributed by atoms with van der Waals surface area (Å²) in [5.74, 6) is 1.04. The molecule has 26 heavy (non-hydrogen) atoms. The second kappa shape index (κ2) is 7.14. The Kier molecular flexibility index (Phi) is 4.54. The van der Waals surface area contributed by atoms with E-state index in [4.69, 9.17) is 0 Å². The van der Waals surface area contributed by atoms with Gasteiger partial charge in [0.1, 0.15) is 5.82 Å². The fraction of sp³-hybridized carbons (Fsp3) is 0.238. The number of hydrogen-bond acceptors (Lipinski definition) is 3. The maximum Gasteiger partial charge on any atom is 0.106 e. The van der Waals surface area contributed by atoms with Gasteiger partial charge in [-0.15, -0.1) is 0 Å². The molecule has 0 saturated heterocycles. The van der Waals surface area contributed by atoms with Crippen molar-refractivity contribution in [3.05, 3.63) is 83.4 Å². The zero-order valence-corrected chi connectivity index (χ0v) is 15.2. The quantitative estimate of drug-likeness (QED) is 0.582. The highest BCUT2D eigenvalue weighted by Crippen LogP contribution is 2.16. The third-order valence-electron chi connectivity index (χ3n) is 4.72. The Labute approximate surface area is 153 Å². The van der Waals surface area contributed by atoms with Gasteiger partial charge in [0.05, 0.1) is 17.6 Å². The van der Waals surface area contributed by atoms with Gasteiger partial charge in [-0.1, -0.05) is 30.3 Å². The Hall–Kier alpha value is -2.92. The first kappa shape index (κ1) is 16.5. The van der Waals surface area contributed by atoms with Gasteiger partial charge in [-0.05, 0) is 41.8 Å². The molecule has 0 bridgehead atoms. The first-order chi connectivity index (χ1) is 12.7.